The van der Waals surface area contributed by atoms with E-state index in [2.05, 4.69) is 16.4 Å². The summed E-state index contributed by atoms with van der Waals surface area (Å²) in [7, 11) is 0. The molecule has 0 spiro atoms. The van der Waals surface area contributed by atoms with Crippen LogP contribution in [0.5, 0.6) is 0 Å². The molecule has 0 amide bonds. The Bertz CT molecular complexity index is 922. The van der Waals surface area contributed by atoms with Crippen LogP contribution in [0.2, 0.25) is 0 Å². The molecule has 4 rings (SSSR count). The van der Waals surface area contributed by atoms with Crippen LogP contribution >= 0.6 is 0 Å². The summed E-state index contributed by atoms with van der Waals surface area (Å²) in [6.07, 6.45) is 5.26. The molecule has 1 aliphatic carbocycles. The van der Waals surface area contributed by atoms with E-state index in [9.17, 15) is 5.11 Å². The molecule has 3 aromatic rings. The molecule has 1 aliphatic rings. The summed E-state index contributed by atoms with van der Waals surface area (Å²) < 4.78 is 1.94. The van der Waals surface area contributed by atoms with E-state index in [1.807, 2.05) is 53.2 Å². The van der Waals surface area contributed by atoms with Gasteiger partial charge in [0.25, 0.3) is 0 Å². The van der Waals surface area contributed by atoms with Crippen molar-refractivity contribution in [3.63, 3.8) is 0 Å². The molecule has 1 saturated carbocycles. The number of imidazole rings is 1. The number of aromatic nitrogens is 2. The standard InChI is InChI=1S/C20H20N4O/c21-10-15-6-7-18-23-12-17(24(18)13-15)11-22-14-20(8-9-20)19(25)16-4-2-1-3-5-16/h1-7,12-13,19,22,25H,8-9,11,14H2. The van der Waals surface area contributed by atoms with Crippen LogP contribution in [-0.4, -0.2) is 21.0 Å². The van der Waals surface area contributed by atoms with Crippen LogP contribution in [0.1, 0.15) is 35.8 Å². The van der Waals surface area contributed by atoms with E-state index < -0.39 is 6.10 Å². The van der Waals surface area contributed by atoms with Gasteiger partial charge in [0.15, 0.2) is 0 Å². The van der Waals surface area contributed by atoms with E-state index in [-0.39, 0.29) is 5.41 Å². The first-order valence-electron chi connectivity index (χ1n) is 8.52. The van der Waals surface area contributed by atoms with Crippen LogP contribution < -0.4 is 5.32 Å². The first-order chi connectivity index (χ1) is 12.2. The quantitative estimate of drug-likeness (QED) is 0.728. The van der Waals surface area contributed by atoms with Gasteiger partial charge in [-0.3, -0.25) is 0 Å². The van der Waals surface area contributed by atoms with E-state index in [4.69, 9.17) is 5.26 Å². The molecule has 0 radical (unpaired) electrons. The molecule has 5 nitrogen and oxygen atoms in total. The van der Waals surface area contributed by atoms with E-state index >= 15 is 0 Å². The minimum absolute atomic E-state index is 0.0698. The zero-order valence-corrected chi connectivity index (χ0v) is 13.9. The molecule has 25 heavy (non-hydrogen) atoms. The minimum atomic E-state index is -0.437. The lowest BCUT2D eigenvalue weighted by Crippen LogP contribution is -2.29. The maximum atomic E-state index is 10.7. The van der Waals surface area contributed by atoms with Gasteiger partial charge in [0, 0.05) is 24.7 Å². The number of benzene rings is 1. The minimum Gasteiger partial charge on any atom is -0.388 e. The fourth-order valence-electron chi connectivity index (χ4n) is 3.36. The highest BCUT2D eigenvalue weighted by atomic mass is 16.3. The number of aliphatic hydroxyl groups excluding tert-OH is 1. The summed E-state index contributed by atoms with van der Waals surface area (Å²) in [5, 5.41) is 23.2. The molecule has 1 fully saturated rings. The number of rotatable bonds is 6. The highest BCUT2D eigenvalue weighted by molar-refractivity contribution is 5.44. The second kappa shape index (κ2) is 6.32. The first-order valence-corrected chi connectivity index (χ1v) is 8.52. The van der Waals surface area contributed by atoms with Crippen LogP contribution in [0.3, 0.4) is 0 Å². The van der Waals surface area contributed by atoms with Gasteiger partial charge < -0.3 is 14.8 Å². The Balaban J connectivity index is 1.44. The van der Waals surface area contributed by atoms with Crippen LogP contribution in [0, 0.1) is 16.7 Å². The second-order valence-electron chi connectivity index (χ2n) is 6.79. The zero-order valence-electron chi connectivity index (χ0n) is 13.9. The molecule has 1 aromatic carbocycles. The Kier molecular flexibility index (Phi) is 4.00. The number of hydrogen-bond donors (Lipinski definition) is 2. The number of nitrogens with one attached hydrogen (secondary N) is 1. The van der Waals surface area contributed by atoms with Crippen molar-refractivity contribution in [1.29, 1.82) is 5.26 Å². The van der Waals surface area contributed by atoms with E-state index in [0.717, 1.165) is 36.3 Å². The van der Waals surface area contributed by atoms with Crippen molar-refractivity contribution in [1.82, 2.24) is 14.7 Å². The second-order valence-corrected chi connectivity index (χ2v) is 6.79. The topological polar surface area (TPSA) is 73.3 Å². The third-order valence-electron chi connectivity index (χ3n) is 5.08. The van der Waals surface area contributed by atoms with Gasteiger partial charge in [0.1, 0.15) is 11.7 Å². The SMILES string of the molecule is N#Cc1ccc2ncc(CNCC3(C(O)c4ccccc4)CC3)n2c1. The average molecular weight is 332 g/mol. The molecule has 1 unspecified atom stereocenters. The third-order valence-corrected chi connectivity index (χ3v) is 5.08. The summed E-state index contributed by atoms with van der Waals surface area (Å²) in [6, 6.07) is 15.6. The molecular formula is C20H20N4O. The molecule has 0 bridgehead atoms. The van der Waals surface area contributed by atoms with Gasteiger partial charge in [0.2, 0.25) is 0 Å². The summed E-state index contributed by atoms with van der Waals surface area (Å²) in [6.45, 7) is 1.41. The molecule has 2 aromatic heterocycles. The monoisotopic (exact) mass is 332 g/mol. The van der Waals surface area contributed by atoms with Gasteiger partial charge in [-0.1, -0.05) is 30.3 Å². The highest BCUT2D eigenvalue weighted by Crippen LogP contribution is 2.54. The van der Waals surface area contributed by atoms with Crippen molar-refractivity contribution >= 4 is 5.65 Å². The fourth-order valence-corrected chi connectivity index (χ4v) is 3.36. The predicted octanol–water partition coefficient (Wildman–Crippen LogP) is 2.81. The maximum absolute atomic E-state index is 10.7. The molecule has 0 saturated heterocycles. The number of aliphatic hydroxyl groups is 1. The van der Waals surface area contributed by atoms with Gasteiger partial charge >= 0.3 is 0 Å². The van der Waals surface area contributed by atoms with Crippen LogP contribution in [-0.2, 0) is 6.54 Å². The molecule has 0 aliphatic heterocycles. The normalized spacial score (nSPS) is 16.5. The summed E-state index contributed by atoms with van der Waals surface area (Å²) >= 11 is 0. The van der Waals surface area contributed by atoms with Crippen molar-refractivity contribution in [2.75, 3.05) is 6.54 Å². The first kappa shape index (κ1) is 15.8. The van der Waals surface area contributed by atoms with Gasteiger partial charge in [-0.25, -0.2) is 4.98 Å². The van der Waals surface area contributed by atoms with E-state index in [0.29, 0.717) is 12.1 Å². The van der Waals surface area contributed by atoms with Gasteiger partial charge in [-0.15, -0.1) is 0 Å². The molecule has 5 heteroatoms. The summed E-state index contributed by atoms with van der Waals surface area (Å²) in [5.41, 5.74) is 3.37. The van der Waals surface area contributed by atoms with Crippen LogP contribution in [0.15, 0.2) is 54.9 Å². The van der Waals surface area contributed by atoms with Gasteiger partial charge in [0.05, 0.1) is 23.6 Å². The lowest BCUT2D eigenvalue weighted by Gasteiger charge is -2.23. The Morgan fingerprint density at radius 1 is 1.24 bits per heavy atom. The van der Waals surface area contributed by atoms with Crippen molar-refractivity contribution in [2.45, 2.75) is 25.5 Å². The van der Waals surface area contributed by atoms with E-state index in [1.165, 1.54) is 0 Å². The van der Waals surface area contributed by atoms with Gasteiger partial charge in [-0.05, 0) is 30.5 Å². The zero-order chi connectivity index (χ0) is 17.3. The van der Waals surface area contributed by atoms with Crippen molar-refractivity contribution in [3.8, 4) is 6.07 Å². The van der Waals surface area contributed by atoms with Crippen LogP contribution in [0.4, 0.5) is 0 Å². The van der Waals surface area contributed by atoms with E-state index in [1.54, 1.807) is 6.07 Å². The predicted molar refractivity (Wildman–Crippen MR) is 94.7 cm³/mol. The van der Waals surface area contributed by atoms with Crippen molar-refractivity contribution in [3.05, 3.63) is 71.7 Å². The number of pyridine rings is 1. The molecule has 1 atom stereocenters. The lowest BCUT2D eigenvalue weighted by molar-refractivity contribution is 0.0916. The summed E-state index contributed by atoms with van der Waals surface area (Å²) in [5.74, 6) is 0. The lowest BCUT2D eigenvalue weighted by atomic mass is 9.92. The number of nitrogens with zero attached hydrogens (tertiary/aromatic N) is 3. The van der Waals surface area contributed by atoms with Crippen LogP contribution in [0.25, 0.3) is 5.65 Å². The smallest absolute Gasteiger partial charge is 0.137 e. The maximum Gasteiger partial charge on any atom is 0.137 e. The molecule has 126 valence electrons. The molecule has 2 heterocycles. The number of nitriles is 1. The average Bonchev–Trinajstić information content (AvgIpc) is 3.35. The Morgan fingerprint density at radius 2 is 2.04 bits per heavy atom. The Hall–Kier alpha value is -2.68. The number of hydrogen-bond acceptors (Lipinski definition) is 4. The Morgan fingerprint density at radius 3 is 2.76 bits per heavy atom. The molecule has 2 N–H and O–H groups in total. The number of fused-ring (bicyclic) bond motifs is 1. The largest absolute Gasteiger partial charge is 0.388 e. The highest BCUT2D eigenvalue weighted by Gasteiger charge is 2.48. The van der Waals surface area contributed by atoms with Crippen molar-refractivity contribution < 1.29 is 5.11 Å². The van der Waals surface area contributed by atoms with Gasteiger partial charge in [-0.2, -0.15) is 5.26 Å². The third kappa shape index (κ3) is 3.02. The fraction of sp³-hybridized carbons (Fsp3) is 0.300. The Labute approximate surface area is 146 Å². The molecular weight excluding hydrogens is 312 g/mol. The van der Waals surface area contributed by atoms with Crippen molar-refractivity contribution in [2.24, 2.45) is 5.41 Å². The summed E-state index contributed by atoms with van der Waals surface area (Å²) in [4.78, 5) is 4.37.